The zero-order valence-corrected chi connectivity index (χ0v) is 16.5. The molecule has 0 saturated heterocycles. The third-order valence-electron chi connectivity index (χ3n) is 4.25. The van der Waals surface area contributed by atoms with E-state index in [0.717, 1.165) is 18.9 Å². The molecule has 0 radical (unpaired) electrons. The third kappa shape index (κ3) is 3.98. The predicted octanol–water partition coefficient (Wildman–Crippen LogP) is 2.67. The van der Waals surface area contributed by atoms with Gasteiger partial charge in [-0.2, -0.15) is 0 Å². The number of H-pyrrole nitrogens is 1. The molecule has 2 aromatic carbocycles. The van der Waals surface area contributed by atoms with Crippen LogP contribution in [0.4, 0.5) is 0 Å². The van der Waals surface area contributed by atoms with Crippen molar-refractivity contribution in [3.8, 4) is 5.69 Å². The van der Waals surface area contributed by atoms with Gasteiger partial charge in [-0.1, -0.05) is 44.7 Å². The largest absolute Gasteiger partial charge is 0.340 e. The minimum absolute atomic E-state index is 0.112. The summed E-state index contributed by atoms with van der Waals surface area (Å²) in [6.07, 6.45) is 0. The van der Waals surface area contributed by atoms with Crippen molar-refractivity contribution in [2.45, 2.75) is 36.0 Å². The number of hydrogen-bond donors (Lipinski definition) is 1. The van der Waals surface area contributed by atoms with Gasteiger partial charge in [0.25, 0.3) is 0 Å². The molecule has 27 heavy (non-hydrogen) atoms. The number of aromatic nitrogens is 3. The van der Waals surface area contributed by atoms with Gasteiger partial charge in [-0.25, -0.2) is 23.5 Å². The molecule has 0 saturated carbocycles. The molecule has 3 rings (SSSR count). The molecule has 0 aliphatic heterocycles. The van der Waals surface area contributed by atoms with Crippen LogP contribution in [0.3, 0.4) is 0 Å². The molecule has 0 spiro atoms. The number of hydrogen-bond acceptors (Lipinski definition) is 4. The maximum atomic E-state index is 12.2. The molecule has 1 heterocycles. The lowest BCUT2D eigenvalue weighted by atomic mass is 9.87. The lowest BCUT2D eigenvalue weighted by Crippen LogP contribution is -2.47. The summed E-state index contributed by atoms with van der Waals surface area (Å²) in [6, 6.07) is 15.5. The second kappa shape index (κ2) is 7.08. The molecule has 1 aromatic heterocycles. The monoisotopic (exact) mass is 383 g/mol. The molecular weight excluding hydrogens is 362 g/mol. The van der Waals surface area contributed by atoms with Crippen molar-refractivity contribution in [3.05, 3.63) is 85.5 Å². The predicted molar refractivity (Wildman–Crippen MR) is 107 cm³/mol. The Kier molecular flexibility index (Phi) is 4.97. The summed E-state index contributed by atoms with van der Waals surface area (Å²) < 4.78 is 1.80. The van der Waals surface area contributed by atoms with E-state index >= 15 is 0 Å². The standard InChI is InChI=1S/C20H21N3O3S/c1-20(2,3)13-5-9-15(10-6-13)27-16-11-7-14(8-12-16)23-18(25)21-17(24)22(4)19(23)26/h5-12H,1-4H3,(H,21,24,25). The van der Waals surface area contributed by atoms with Gasteiger partial charge < -0.3 is 0 Å². The van der Waals surface area contributed by atoms with E-state index in [0.29, 0.717) is 5.69 Å². The van der Waals surface area contributed by atoms with E-state index in [9.17, 15) is 14.4 Å². The molecule has 6 nitrogen and oxygen atoms in total. The summed E-state index contributed by atoms with van der Waals surface area (Å²) in [4.78, 5) is 39.9. The number of benzene rings is 2. The topological polar surface area (TPSA) is 76.9 Å². The fraction of sp³-hybridized carbons (Fsp3) is 0.250. The average molecular weight is 383 g/mol. The summed E-state index contributed by atoms with van der Waals surface area (Å²) in [5, 5.41) is 0. The second-order valence-corrected chi connectivity index (χ2v) is 8.43. The minimum Gasteiger partial charge on any atom is -0.258 e. The number of aromatic amines is 1. The summed E-state index contributed by atoms with van der Waals surface area (Å²) in [5.41, 5.74) is -0.365. The molecule has 0 unspecified atom stereocenters. The van der Waals surface area contributed by atoms with Crippen LogP contribution in [0, 0.1) is 0 Å². The van der Waals surface area contributed by atoms with Crippen molar-refractivity contribution in [1.82, 2.24) is 14.1 Å². The van der Waals surface area contributed by atoms with E-state index in [1.807, 2.05) is 12.1 Å². The van der Waals surface area contributed by atoms with Gasteiger partial charge in [0.2, 0.25) is 0 Å². The van der Waals surface area contributed by atoms with E-state index in [1.165, 1.54) is 12.6 Å². The molecule has 0 fully saturated rings. The van der Waals surface area contributed by atoms with Gasteiger partial charge in [0, 0.05) is 16.8 Å². The molecule has 3 aromatic rings. The van der Waals surface area contributed by atoms with Crippen molar-refractivity contribution in [2.75, 3.05) is 0 Å². The van der Waals surface area contributed by atoms with Gasteiger partial charge in [0.15, 0.2) is 0 Å². The molecule has 0 bridgehead atoms. The zero-order valence-electron chi connectivity index (χ0n) is 15.6. The van der Waals surface area contributed by atoms with Crippen LogP contribution in [0.15, 0.2) is 72.7 Å². The normalized spacial score (nSPS) is 11.6. The molecule has 0 amide bonds. The fourth-order valence-corrected chi connectivity index (χ4v) is 3.42. The fourth-order valence-electron chi connectivity index (χ4n) is 2.60. The lowest BCUT2D eigenvalue weighted by Gasteiger charge is -2.19. The van der Waals surface area contributed by atoms with E-state index in [1.54, 1.807) is 23.9 Å². The van der Waals surface area contributed by atoms with Gasteiger partial charge in [-0.05, 0) is 47.4 Å². The summed E-state index contributed by atoms with van der Waals surface area (Å²) in [7, 11) is 1.32. The summed E-state index contributed by atoms with van der Waals surface area (Å²) >= 11 is 1.60. The Hall–Kier alpha value is -2.80. The Balaban J connectivity index is 1.87. The van der Waals surface area contributed by atoms with Crippen molar-refractivity contribution >= 4 is 11.8 Å². The van der Waals surface area contributed by atoms with Gasteiger partial charge in [-0.3, -0.25) is 4.98 Å². The highest BCUT2D eigenvalue weighted by Crippen LogP contribution is 2.30. The van der Waals surface area contributed by atoms with Crippen molar-refractivity contribution < 1.29 is 0 Å². The maximum Gasteiger partial charge on any atom is 0.340 e. The first kappa shape index (κ1) is 19.0. The summed E-state index contributed by atoms with van der Waals surface area (Å²) in [6.45, 7) is 6.53. The van der Waals surface area contributed by atoms with Crippen LogP contribution in [-0.2, 0) is 12.5 Å². The Morgan fingerprint density at radius 3 is 1.85 bits per heavy atom. The molecule has 0 aliphatic carbocycles. The molecule has 1 N–H and O–H groups in total. The van der Waals surface area contributed by atoms with Gasteiger partial charge >= 0.3 is 17.1 Å². The number of nitrogens with one attached hydrogen (secondary N) is 1. The Labute approximate surface area is 160 Å². The SMILES string of the molecule is Cn1c(=O)[nH]c(=O)n(-c2ccc(Sc3ccc(C(C)(C)C)cc3)cc2)c1=O. The average Bonchev–Trinajstić information content (AvgIpc) is 2.61. The van der Waals surface area contributed by atoms with Gasteiger partial charge in [-0.15, -0.1) is 0 Å². The highest BCUT2D eigenvalue weighted by Gasteiger charge is 2.13. The second-order valence-electron chi connectivity index (χ2n) is 7.28. The Morgan fingerprint density at radius 2 is 1.33 bits per heavy atom. The number of nitrogens with zero attached hydrogens (tertiary/aromatic N) is 2. The maximum absolute atomic E-state index is 12.2. The van der Waals surface area contributed by atoms with E-state index < -0.39 is 17.1 Å². The zero-order chi connectivity index (χ0) is 19.8. The molecule has 140 valence electrons. The van der Waals surface area contributed by atoms with Crippen LogP contribution in [0.25, 0.3) is 5.69 Å². The molecule has 0 aliphatic rings. The first-order valence-electron chi connectivity index (χ1n) is 8.48. The highest BCUT2D eigenvalue weighted by molar-refractivity contribution is 7.99. The highest BCUT2D eigenvalue weighted by atomic mass is 32.2. The molecule has 0 atom stereocenters. The van der Waals surface area contributed by atoms with E-state index in [-0.39, 0.29) is 5.41 Å². The van der Waals surface area contributed by atoms with Crippen LogP contribution in [0.5, 0.6) is 0 Å². The Bertz CT molecular complexity index is 1130. The lowest BCUT2D eigenvalue weighted by molar-refractivity contribution is 0.590. The van der Waals surface area contributed by atoms with Gasteiger partial charge in [0.1, 0.15) is 0 Å². The quantitative estimate of drug-likeness (QED) is 0.754. The van der Waals surface area contributed by atoms with Crippen molar-refractivity contribution in [3.63, 3.8) is 0 Å². The Morgan fingerprint density at radius 1 is 0.815 bits per heavy atom. The van der Waals surface area contributed by atoms with E-state index in [2.05, 4.69) is 50.0 Å². The van der Waals surface area contributed by atoms with Crippen LogP contribution in [-0.4, -0.2) is 14.1 Å². The van der Waals surface area contributed by atoms with Gasteiger partial charge in [0.05, 0.1) is 5.69 Å². The van der Waals surface area contributed by atoms with Crippen molar-refractivity contribution in [2.24, 2.45) is 7.05 Å². The summed E-state index contributed by atoms with van der Waals surface area (Å²) in [5.74, 6) is 0. The van der Waals surface area contributed by atoms with Crippen LogP contribution in [0.2, 0.25) is 0 Å². The van der Waals surface area contributed by atoms with E-state index in [4.69, 9.17) is 0 Å². The smallest absolute Gasteiger partial charge is 0.258 e. The molecule has 7 heteroatoms. The van der Waals surface area contributed by atoms with Crippen molar-refractivity contribution in [1.29, 1.82) is 0 Å². The van der Waals surface area contributed by atoms with Crippen LogP contribution >= 0.6 is 11.8 Å². The van der Waals surface area contributed by atoms with Crippen LogP contribution in [0.1, 0.15) is 26.3 Å². The number of rotatable bonds is 3. The molecular formula is C20H21N3O3S. The first-order valence-corrected chi connectivity index (χ1v) is 9.30. The van der Waals surface area contributed by atoms with Crippen LogP contribution < -0.4 is 17.1 Å². The third-order valence-corrected chi connectivity index (χ3v) is 5.27. The first-order chi connectivity index (χ1) is 12.7. The minimum atomic E-state index is -0.749.